The summed E-state index contributed by atoms with van der Waals surface area (Å²) in [5, 5.41) is 13.2. The van der Waals surface area contributed by atoms with E-state index >= 15 is 0 Å². The number of oxime groups is 1. The molecule has 4 nitrogen and oxygen atoms in total. The first-order valence-corrected chi connectivity index (χ1v) is 9.80. The fourth-order valence-electron chi connectivity index (χ4n) is 7.42. The Morgan fingerprint density at radius 2 is 1.92 bits per heavy atom. The lowest BCUT2D eigenvalue weighted by molar-refractivity contribution is -0.162. The molecule has 0 aromatic heterocycles. The molecule has 0 unspecified atom stereocenters. The summed E-state index contributed by atoms with van der Waals surface area (Å²) in [4.78, 5) is 14.3. The fourth-order valence-corrected chi connectivity index (χ4v) is 7.42. The zero-order chi connectivity index (χ0) is 17.3. The normalized spacial score (nSPS) is 52.8. The molecular formula is C20H32N2O2. The van der Waals surface area contributed by atoms with Gasteiger partial charge in [-0.15, -0.1) is 0 Å². The molecule has 0 spiro atoms. The van der Waals surface area contributed by atoms with Gasteiger partial charge in [0.1, 0.15) is 0 Å². The van der Waals surface area contributed by atoms with E-state index in [4.69, 9.17) is 0 Å². The molecule has 1 amide bonds. The van der Waals surface area contributed by atoms with Crippen LogP contribution in [-0.2, 0) is 4.79 Å². The Hall–Kier alpha value is -1.06. The minimum atomic E-state index is 0.101. The monoisotopic (exact) mass is 332 g/mol. The number of hydrogen-bond acceptors (Lipinski definition) is 3. The number of carbonyl (C=O) groups is 1. The van der Waals surface area contributed by atoms with E-state index in [9.17, 15) is 10.0 Å². The Kier molecular flexibility index (Phi) is 3.57. The van der Waals surface area contributed by atoms with Gasteiger partial charge < -0.3 is 10.1 Å². The van der Waals surface area contributed by atoms with Crippen molar-refractivity contribution in [1.29, 1.82) is 0 Å². The molecule has 1 aliphatic heterocycles. The minimum absolute atomic E-state index is 0.101. The number of amides is 1. The molecule has 24 heavy (non-hydrogen) atoms. The van der Waals surface area contributed by atoms with Gasteiger partial charge in [0.05, 0.1) is 5.71 Å². The first-order chi connectivity index (χ1) is 11.3. The highest BCUT2D eigenvalue weighted by Gasteiger charge is 2.62. The van der Waals surface area contributed by atoms with E-state index in [1.165, 1.54) is 12.8 Å². The maximum atomic E-state index is 12.3. The van der Waals surface area contributed by atoms with Crippen LogP contribution >= 0.6 is 0 Å². The topological polar surface area (TPSA) is 52.9 Å². The van der Waals surface area contributed by atoms with E-state index in [2.05, 4.69) is 30.8 Å². The molecule has 7 atom stereocenters. The van der Waals surface area contributed by atoms with Gasteiger partial charge in [0.25, 0.3) is 0 Å². The molecule has 134 valence electrons. The predicted molar refractivity (Wildman–Crippen MR) is 93.9 cm³/mol. The van der Waals surface area contributed by atoms with Gasteiger partial charge in [-0.3, -0.25) is 4.79 Å². The van der Waals surface area contributed by atoms with Gasteiger partial charge in [0, 0.05) is 24.9 Å². The van der Waals surface area contributed by atoms with Gasteiger partial charge in [-0.25, -0.2) is 0 Å². The van der Waals surface area contributed by atoms with Crippen LogP contribution in [0.2, 0.25) is 0 Å². The molecule has 4 heteroatoms. The molecule has 0 aromatic rings. The molecule has 0 aromatic carbocycles. The van der Waals surface area contributed by atoms with Crippen LogP contribution in [0, 0.1) is 34.5 Å². The summed E-state index contributed by atoms with van der Waals surface area (Å²) >= 11 is 0. The highest BCUT2D eigenvalue weighted by molar-refractivity contribution is 5.92. The highest BCUT2D eigenvalue weighted by atomic mass is 16.4. The smallest absolute Gasteiger partial charge is 0.222 e. The van der Waals surface area contributed by atoms with Crippen LogP contribution in [0.5, 0.6) is 0 Å². The summed E-state index contributed by atoms with van der Waals surface area (Å²) in [6.07, 6.45) is 7.41. The van der Waals surface area contributed by atoms with Crippen molar-refractivity contribution in [2.45, 2.75) is 71.8 Å². The summed E-state index contributed by atoms with van der Waals surface area (Å²) in [6.45, 7) is 7.21. The van der Waals surface area contributed by atoms with E-state index in [0.29, 0.717) is 42.0 Å². The summed E-state index contributed by atoms with van der Waals surface area (Å²) in [5.41, 5.74) is 1.41. The first-order valence-electron chi connectivity index (χ1n) is 9.80. The van der Waals surface area contributed by atoms with Crippen molar-refractivity contribution in [3.63, 3.8) is 0 Å². The van der Waals surface area contributed by atoms with Crippen molar-refractivity contribution in [3.8, 4) is 0 Å². The third kappa shape index (κ3) is 1.91. The van der Waals surface area contributed by atoms with E-state index in [0.717, 1.165) is 31.4 Å². The summed E-state index contributed by atoms with van der Waals surface area (Å²) in [5.74, 6) is 3.05. The van der Waals surface area contributed by atoms with Crippen LogP contribution in [0.15, 0.2) is 5.16 Å². The lowest BCUT2D eigenvalue weighted by Crippen LogP contribution is -2.63. The second-order valence-corrected chi connectivity index (χ2v) is 9.57. The number of fused-ring (bicyclic) bond motifs is 5. The predicted octanol–water partition coefficient (Wildman–Crippen LogP) is 3.93. The minimum Gasteiger partial charge on any atom is -0.411 e. The van der Waals surface area contributed by atoms with Crippen LogP contribution in [0.1, 0.15) is 65.7 Å². The van der Waals surface area contributed by atoms with Crippen molar-refractivity contribution < 1.29 is 10.0 Å². The van der Waals surface area contributed by atoms with Crippen LogP contribution in [0.3, 0.4) is 0 Å². The van der Waals surface area contributed by atoms with Gasteiger partial charge in [-0.2, -0.15) is 0 Å². The standard InChI is InChI=1S/C20H32N2O2/c1-12-11-16-20(3,10-8-17(23)22(16)4)14-7-9-19(2)13(18(12)14)5-6-15(19)21-24/h12-14,16,18,24H,5-11H2,1-4H3/t12-,13-,14-,16+,18-,19-,20+/m0/s1. The fraction of sp³-hybridized carbons (Fsp3) is 0.900. The van der Waals surface area contributed by atoms with E-state index in [1.807, 2.05) is 7.05 Å². The molecule has 4 fully saturated rings. The van der Waals surface area contributed by atoms with Gasteiger partial charge in [0.2, 0.25) is 5.91 Å². The molecule has 1 N–H and O–H groups in total. The molecule has 3 aliphatic carbocycles. The van der Waals surface area contributed by atoms with Crippen LogP contribution in [0.4, 0.5) is 0 Å². The molecule has 4 aliphatic rings. The number of likely N-dealkylation sites (tertiary alicyclic amines) is 1. The van der Waals surface area contributed by atoms with E-state index in [1.54, 1.807) is 0 Å². The average Bonchev–Trinajstić information content (AvgIpc) is 2.90. The van der Waals surface area contributed by atoms with Crippen molar-refractivity contribution in [2.24, 2.45) is 39.7 Å². The highest BCUT2D eigenvalue weighted by Crippen LogP contribution is 2.65. The first kappa shape index (κ1) is 16.4. The van der Waals surface area contributed by atoms with Crippen molar-refractivity contribution in [3.05, 3.63) is 0 Å². The zero-order valence-corrected chi connectivity index (χ0v) is 15.6. The Bertz CT molecular complexity index is 588. The second kappa shape index (κ2) is 5.22. The Labute approximate surface area is 145 Å². The van der Waals surface area contributed by atoms with Crippen LogP contribution < -0.4 is 0 Å². The van der Waals surface area contributed by atoms with Crippen LogP contribution in [-0.4, -0.2) is 34.8 Å². The number of rotatable bonds is 0. The van der Waals surface area contributed by atoms with Crippen molar-refractivity contribution in [1.82, 2.24) is 4.90 Å². The molecule has 3 saturated carbocycles. The molecule has 0 radical (unpaired) electrons. The molecule has 0 bridgehead atoms. The van der Waals surface area contributed by atoms with Gasteiger partial charge in [-0.05, 0) is 67.6 Å². The number of nitrogens with zero attached hydrogens (tertiary/aromatic N) is 2. The number of piperidine rings is 1. The number of carbonyl (C=O) groups excluding carboxylic acids is 1. The molecule has 1 heterocycles. The third-order valence-electron chi connectivity index (χ3n) is 8.79. The summed E-state index contributed by atoms with van der Waals surface area (Å²) in [6, 6.07) is 0.409. The second-order valence-electron chi connectivity index (χ2n) is 9.57. The van der Waals surface area contributed by atoms with Gasteiger partial charge in [0.15, 0.2) is 0 Å². The molecule has 4 rings (SSSR count). The molecular weight excluding hydrogens is 300 g/mol. The van der Waals surface area contributed by atoms with Crippen molar-refractivity contribution >= 4 is 11.6 Å². The Balaban J connectivity index is 1.71. The quantitative estimate of drug-likeness (QED) is 0.540. The van der Waals surface area contributed by atoms with Crippen molar-refractivity contribution in [2.75, 3.05) is 7.05 Å². The zero-order valence-electron chi connectivity index (χ0n) is 15.6. The Morgan fingerprint density at radius 1 is 1.17 bits per heavy atom. The van der Waals surface area contributed by atoms with E-state index in [-0.39, 0.29) is 10.8 Å². The van der Waals surface area contributed by atoms with E-state index < -0.39 is 0 Å². The molecule has 1 saturated heterocycles. The average molecular weight is 332 g/mol. The third-order valence-corrected chi connectivity index (χ3v) is 8.79. The number of hydrogen-bond donors (Lipinski definition) is 1. The SMILES string of the molecule is C[C@H]1C[C@H]2N(C)C(=O)CC[C@]2(C)[C@H]2CC[C@]3(C)C(=NO)CC[C@H]3[C@H]12. The summed E-state index contributed by atoms with van der Waals surface area (Å²) < 4.78 is 0. The Morgan fingerprint density at radius 3 is 2.62 bits per heavy atom. The maximum absolute atomic E-state index is 12.3. The largest absolute Gasteiger partial charge is 0.411 e. The van der Waals surface area contributed by atoms with Gasteiger partial charge >= 0.3 is 0 Å². The summed E-state index contributed by atoms with van der Waals surface area (Å²) in [7, 11) is 2.02. The lowest BCUT2D eigenvalue weighted by atomic mass is 9.45. The van der Waals surface area contributed by atoms with Gasteiger partial charge in [-0.1, -0.05) is 25.9 Å². The maximum Gasteiger partial charge on any atom is 0.222 e. The lowest BCUT2D eigenvalue weighted by Gasteiger charge is -2.63. The van der Waals surface area contributed by atoms with Crippen LogP contribution in [0.25, 0.3) is 0 Å².